The molecule has 0 saturated heterocycles. The highest BCUT2D eigenvalue weighted by molar-refractivity contribution is 5.90. The van der Waals surface area contributed by atoms with Gasteiger partial charge in [-0.25, -0.2) is 0 Å². The molecule has 0 aliphatic rings. The van der Waals surface area contributed by atoms with Crippen LogP contribution in [0.3, 0.4) is 0 Å². The molecular formula is C11H9F3O2. The third-order valence-electron chi connectivity index (χ3n) is 1.76. The van der Waals surface area contributed by atoms with Gasteiger partial charge in [-0.1, -0.05) is 18.7 Å². The number of halogens is 3. The normalized spacial score (nSPS) is 10.9. The van der Waals surface area contributed by atoms with E-state index in [1.165, 1.54) is 30.3 Å². The maximum atomic E-state index is 11.8. The van der Waals surface area contributed by atoms with Crippen molar-refractivity contribution in [2.45, 2.75) is 12.8 Å². The monoisotopic (exact) mass is 230 g/mol. The standard InChI is InChI=1S/C11H9F3O2/c1-2-9(15)7-8-3-5-10(6-4-8)16-11(12,13)14/h2-6H,1,7H2. The zero-order valence-corrected chi connectivity index (χ0v) is 8.25. The van der Waals surface area contributed by atoms with Crippen LogP contribution < -0.4 is 4.74 Å². The van der Waals surface area contributed by atoms with Crippen molar-refractivity contribution in [1.82, 2.24) is 0 Å². The minimum absolute atomic E-state index is 0.121. The number of rotatable bonds is 4. The maximum Gasteiger partial charge on any atom is 0.573 e. The highest BCUT2D eigenvalue weighted by atomic mass is 19.4. The smallest absolute Gasteiger partial charge is 0.406 e. The van der Waals surface area contributed by atoms with Crippen molar-refractivity contribution in [3.63, 3.8) is 0 Å². The van der Waals surface area contributed by atoms with Crippen molar-refractivity contribution in [3.05, 3.63) is 42.5 Å². The summed E-state index contributed by atoms with van der Waals surface area (Å²) in [6, 6.07) is 5.14. The van der Waals surface area contributed by atoms with Gasteiger partial charge in [0.2, 0.25) is 0 Å². The summed E-state index contributed by atoms with van der Waals surface area (Å²) in [5, 5.41) is 0. The molecule has 0 fully saturated rings. The highest BCUT2D eigenvalue weighted by Gasteiger charge is 2.30. The summed E-state index contributed by atoms with van der Waals surface area (Å²) in [5.41, 5.74) is 0.611. The number of ketones is 1. The minimum atomic E-state index is -4.70. The Labute approximate surface area is 90.3 Å². The van der Waals surface area contributed by atoms with E-state index < -0.39 is 6.36 Å². The minimum Gasteiger partial charge on any atom is -0.406 e. The molecule has 0 bridgehead atoms. The Morgan fingerprint density at radius 2 is 1.88 bits per heavy atom. The largest absolute Gasteiger partial charge is 0.573 e. The van der Waals surface area contributed by atoms with Crippen molar-refractivity contribution in [1.29, 1.82) is 0 Å². The van der Waals surface area contributed by atoms with Gasteiger partial charge in [-0.05, 0) is 23.8 Å². The third-order valence-corrected chi connectivity index (χ3v) is 1.76. The molecule has 0 heterocycles. The fraction of sp³-hybridized carbons (Fsp3) is 0.182. The lowest BCUT2D eigenvalue weighted by Gasteiger charge is -2.08. The van der Waals surface area contributed by atoms with E-state index >= 15 is 0 Å². The van der Waals surface area contributed by atoms with E-state index in [9.17, 15) is 18.0 Å². The lowest BCUT2D eigenvalue weighted by Crippen LogP contribution is -2.17. The van der Waals surface area contributed by atoms with E-state index in [2.05, 4.69) is 11.3 Å². The van der Waals surface area contributed by atoms with Gasteiger partial charge in [0.05, 0.1) is 0 Å². The molecule has 0 amide bonds. The first kappa shape index (κ1) is 12.3. The first-order chi connectivity index (χ1) is 7.40. The summed E-state index contributed by atoms with van der Waals surface area (Å²) in [5.74, 6) is -0.494. The quantitative estimate of drug-likeness (QED) is 0.743. The highest BCUT2D eigenvalue weighted by Crippen LogP contribution is 2.22. The number of allylic oxidation sites excluding steroid dienone is 1. The first-order valence-electron chi connectivity index (χ1n) is 4.40. The molecule has 2 nitrogen and oxygen atoms in total. The van der Waals surface area contributed by atoms with Crippen LogP contribution in [0.5, 0.6) is 5.75 Å². The summed E-state index contributed by atoms with van der Waals surface area (Å²) in [6.07, 6.45) is -3.41. The lowest BCUT2D eigenvalue weighted by molar-refractivity contribution is -0.274. The van der Waals surface area contributed by atoms with E-state index in [-0.39, 0.29) is 18.0 Å². The zero-order chi connectivity index (χ0) is 12.2. The number of ether oxygens (including phenoxy) is 1. The fourth-order valence-corrected chi connectivity index (χ4v) is 1.08. The molecular weight excluding hydrogens is 221 g/mol. The van der Waals surface area contributed by atoms with E-state index in [0.29, 0.717) is 5.56 Å². The molecule has 0 spiro atoms. The molecule has 86 valence electrons. The van der Waals surface area contributed by atoms with Crippen molar-refractivity contribution >= 4 is 5.78 Å². The van der Waals surface area contributed by atoms with Crippen molar-refractivity contribution in [3.8, 4) is 5.75 Å². The van der Waals surface area contributed by atoms with Crippen LogP contribution in [0, 0.1) is 0 Å². The Hall–Kier alpha value is -1.78. The van der Waals surface area contributed by atoms with Crippen LogP contribution in [0.4, 0.5) is 13.2 Å². The van der Waals surface area contributed by atoms with Crippen LogP contribution in [-0.4, -0.2) is 12.1 Å². The van der Waals surface area contributed by atoms with Crippen LogP contribution in [-0.2, 0) is 11.2 Å². The second-order valence-electron chi connectivity index (χ2n) is 3.04. The van der Waals surface area contributed by atoms with Crippen molar-refractivity contribution in [2.75, 3.05) is 0 Å². The summed E-state index contributed by atoms with van der Waals surface area (Å²) < 4.78 is 39.1. The van der Waals surface area contributed by atoms with Gasteiger partial charge >= 0.3 is 6.36 Å². The summed E-state index contributed by atoms with van der Waals surface area (Å²) in [4.78, 5) is 11.0. The second-order valence-corrected chi connectivity index (χ2v) is 3.04. The number of hydrogen-bond donors (Lipinski definition) is 0. The van der Waals surface area contributed by atoms with Gasteiger partial charge in [0, 0.05) is 6.42 Å². The predicted molar refractivity (Wildman–Crippen MR) is 52.0 cm³/mol. The van der Waals surface area contributed by atoms with Gasteiger partial charge in [0.15, 0.2) is 5.78 Å². The fourth-order valence-electron chi connectivity index (χ4n) is 1.08. The van der Waals surface area contributed by atoms with Crippen molar-refractivity contribution < 1.29 is 22.7 Å². The second kappa shape index (κ2) is 4.83. The molecule has 0 aliphatic carbocycles. The van der Waals surface area contributed by atoms with Crippen LogP contribution in [0.2, 0.25) is 0 Å². The van der Waals surface area contributed by atoms with E-state index in [4.69, 9.17) is 0 Å². The van der Waals surface area contributed by atoms with Crippen LogP contribution in [0.15, 0.2) is 36.9 Å². The topological polar surface area (TPSA) is 26.3 Å². The van der Waals surface area contributed by atoms with Gasteiger partial charge in [-0.3, -0.25) is 4.79 Å². The summed E-state index contributed by atoms with van der Waals surface area (Å²) in [6.45, 7) is 3.30. The molecule has 1 aromatic carbocycles. The summed E-state index contributed by atoms with van der Waals surface area (Å²) >= 11 is 0. The number of carbonyl (C=O) groups excluding carboxylic acids is 1. The van der Waals surface area contributed by atoms with Gasteiger partial charge in [0.25, 0.3) is 0 Å². The summed E-state index contributed by atoms with van der Waals surface area (Å²) in [7, 11) is 0. The van der Waals surface area contributed by atoms with Gasteiger partial charge in [-0.2, -0.15) is 0 Å². The first-order valence-corrected chi connectivity index (χ1v) is 4.40. The number of benzene rings is 1. The Balaban J connectivity index is 2.68. The molecule has 0 aromatic heterocycles. The Bertz CT molecular complexity index is 379. The molecule has 0 N–H and O–H groups in total. The molecule has 0 radical (unpaired) electrons. The SMILES string of the molecule is C=CC(=O)Cc1ccc(OC(F)(F)F)cc1. The molecule has 16 heavy (non-hydrogen) atoms. The lowest BCUT2D eigenvalue weighted by atomic mass is 10.1. The molecule has 5 heteroatoms. The van der Waals surface area contributed by atoms with Crippen LogP contribution in [0.25, 0.3) is 0 Å². The Morgan fingerprint density at radius 3 is 2.31 bits per heavy atom. The van der Waals surface area contributed by atoms with Crippen molar-refractivity contribution in [2.24, 2.45) is 0 Å². The molecule has 1 rings (SSSR count). The zero-order valence-electron chi connectivity index (χ0n) is 8.25. The number of carbonyl (C=O) groups is 1. The number of alkyl halides is 3. The molecule has 0 saturated carbocycles. The molecule has 0 atom stereocenters. The average Bonchev–Trinajstić information content (AvgIpc) is 2.18. The molecule has 0 unspecified atom stereocenters. The van der Waals surface area contributed by atoms with E-state index in [1.807, 2.05) is 0 Å². The molecule has 1 aromatic rings. The van der Waals surface area contributed by atoms with Gasteiger partial charge < -0.3 is 4.74 Å². The predicted octanol–water partition coefficient (Wildman–Crippen LogP) is 2.88. The molecule has 0 aliphatic heterocycles. The van der Waals surface area contributed by atoms with Gasteiger partial charge in [0.1, 0.15) is 5.75 Å². The third kappa shape index (κ3) is 4.16. The van der Waals surface area contributed by atoms with Gasteiger partial charge in [-0.15, -0.1) is 13.2 Å². The van der Waals surface area contributed by atoms with E-state index in [1.54, 1.807) is 0 Å². The average molecular weight is 230 g/mol. The Morgan fingerprint density at radius 1 is 1.31 bits per heavy atom. The van der Waals surface area contributed by atoms with Crippen LogP contribution >= 0.6 is 0 Å². The maximum absolute atomic E-state index is 11.8. The Kier molecular flexibility index (Phi) is 3.71. The number of hydrogen-bond acceptors (Lipinski definition) is 2. The van der Waals surface area contributed by atoms with E-state index in [0.717, 1.165) is 0 Å². The van der Waals surface area contributed by atoms with Crippen LogP contribution in [0.1, 0.15) is 5.56 Å².